The lowest BCUT2D eigenvalue weighted by Gasteiger charge is -2.39. The number of nitrogens with one attached hydrogen (secondary N) is 1. The number of hydrogen-bond donors (Lipinski definition) is 2. The molecular weight excluding hydrogens is 301 g/mol. The first-order valence-electron chi connectivity index (χ1n) is 9.63. The molecule has 0 bridgehead atoms. The number of piperidine rings is 1. The van der Waals surface area contributed by atoms with Crippen molar-refractivity contribution in [1.29, 1.82) is 0 Å². The van der Waals surface area contributed by atoms with Crippen LogP contribution in [0, 0.1) is 11.7 Å². The van der Waals surface area contributed by atoms with Gasteiger partial charge >= 0.3 is 0 Å². The van der Waals surface area contributed by atoms with E-state index in [0.717, 1.165) is 39.1 Å². The van der Waals surface area contributed by atoms with E-state index in [4.69, 9.17) is 5.73 Å². The lowest BCUT2D eigenvalue weighted by Crippen LogP contribution is -2.44. The summed E-state index contributed by atoms with van der Waals surface area (Å²) in [4.78, 5) is 2.62. The Morgan fingerprint density at radius 3 is 2.71 bits per heavy atom. The summed E-state index contributed by atoms with van der Waals surface area (Å²) < 4.78 is 13.2. The molecule has 0 spiro atoms. The minimum Gasteiger partial charge on any atom is -0.330 e. The number of nitrogens with two attached hydrogens (primary N) is 1. The highest BCUT2D eigenvalue weighted by Gasteiger charge is 2.29. The Bertz CT molecular complexity index is 449. The normalized spacial score (nSPS) is 22.0. The first kappa shape index (κ1) is 19.4. The van der Waals surface area contributed by atoms with Crippen molar-refractivity contribution in [2.24, 2.45) is 11.7 Å². The van der Waals surface area contributed by atoms with E-state index in [9.17, 15) is 4.39 Å². The van der Waals surface area contributed by atoms with Crippen LogP contribution in [0.3, 0.4) is 0 Å². The SMILES string of the molecule is CCCCCN1CC[C@H](c2ccc(F)cc2)[C@@H](CNCCCN)C1. The Balaban J connectivity index is 1.95. The van der Waals surface area contributed by atoms with Gasteiger partial charge in [-0.1, -0.05) is 31.9 Å². The van der Waals surface area contributed by atoms with E-state index in [1.807, 2.05) is 12.1 Å². The van der Waals surface area contributed by atoms with Gasteiger partial charge in [0.25, 0.3) is 0 Å². The summed E-state index contributed by atoms with van der Waals surface area (Å²) in [7, 11) is 0. The highest BCUT2D eigenvalue weighted by molar-refractivity contribution is 5.22. The minimum atomic E-state index is -0.145. The van der Waals surface area contributed by atoms with Gasteiger partial charge in [-0.25, -0.2) is 4.39 Å². The van der Waals surface area contributed by atoms with Gasteiger partial charge in [-0.05, 0) is 81.5 Å². The zero-order chi connectivity index (χ0) is 17.2. The Labute approximate surface area is 146 Å². The maximum absolute atomic E-state index is 13.2. The topological polar surface area (TPSA) is 41.3 Å². The molecule has 0 radical (unpaired) electrons. The quantitative estimate of drug-likeness (QED) is 0.644. The second kappa shape index (κ2) is 10.8. The third-order valence-electron chi connectivity index (χ3n) is 5.16. The second-order valence-corrected chi connectivity index (χ2v) is 7.06. The molecule has 136 valence electrons. The fourth-order valence-corrected chi connectivity index (χ4v) is 3.77. The van der Waals surface area contributed by atoms with Crippen LogP contribution < -0.4 is 11.1 Å². The highest BCUT2D eigenvalue weighted by Crippen LogP contribution is 2.33. The zero-order valence-electron chi connectivity index (χ0n) is 15.1. The summed E-state index contributed by atoms with van der Waals surface area (Å²) in [5.41, 5.74) is 6.87. The van der Waals surface area contributed by atoms with Gasteiger partial charge < -0.3 is 16.0 Å². The molecule has 0 unspecified atom stereocenters. The summed E-state index contributed by atoms with van der Waals surface area (Å²) in [5, 5.41) is 3.57. The Kier molecular flexibility index (Phi) is 8.71. The van der Waals surface area contributed by atoms with Crippen molar-refractivity contribution >= 4 is 0 Å². The van der Waals surface area contributed by atoms with Crippen molar-refractivity contribution in [3.8, 4) is 0 Å². The largest absolute Gasteiger partial charge is 0.330 e. The molecule has 1 saturated heterocycles. The van der Waals surface area contributed by atoms with E-state index in [1.165, 1.54) is 37.8 Å². The number of likely N-dealkylation sites (tertiary alicyclic amines) is 1. The lowest BCUT2D eigenvalue weighted by molar-refractivity contribution is 0.149. The van der Waals surface area contributed by atoms with Crippen molar-refractivity contribution in [3.05, 3.63) is 35.6 Å². The molecule has 3 nitrogen and oxygen atoms in total. The van der Waals surface area contributed by atoms with Gasteiger partial charge in [-0.3, -0.25) is 0 Å². The molecule has 1 fully saturated rings. The molecule has 0 aromatic heterocycles. The van der Waals surface area contributed by atoms with Gasteiger partial charge in [0.15, 0.2) is 0 Å². The fraction of sp³-hybridized carbons (Fsp3) is 0.700. The van der Waals surface area contributed by atoms with Gasteiger partial charge in [0.2, 0.25) is 0 Å². The standard InChI is InChI=1S/C20H34FN3/c1-2-3-4-13-24-14-10-20(17-6-8-19(21)9-7-17)18(16-24)15-23-12-5-11-22/h6-9,18,20,23H,2-5,10-16,22H2,1H3/t18-,20+/m0/s1. The first-order valence-corrected chi connectivity index (χ1v) is 9.63. The number of benzene rings is 1. The molecule has 2 rings (SSSR count). The maximum atomic E-state index is 13.2. The van der Waals surface area contributed by atoms with Crippen molar-refractivity contribution in [3.63, 3.8) is 0 Å². The third-order valence-corrected chi connectivity index (χ3v) is 5.16. The Hall–Kier alpha value is -0.970. The highest BCUT2D eigenvalue weighted by atomic mass is 19.1. The van der Waals surface area contributed by atoms with Crippen molar-refractivity contribution in [2.75, 3.05) is 39.3 Å². The first-order chi connectivity index (χ1) is 11.7. The molecule has 1 aromatic rings. The predicted molar refractivity (Wildman–Crippen MR) is 99.8 cm³/mol. The van der Waals surface area contributed by atoms with Crippen LogP contribution in [-0.4, -0.2) is 44.2 Å². The zero-order valence-corrected chi connectivity index (χ0v) is 15.1. The van der Waals surface area contributed by atoms with Gasteiger partial charge in [0.05, 0.1) is 0 Å². The van der Waals surface area contributed by atoms with E-state index in [2.05, 4.69) is 17.1 Å². The number of unbranched alkanes of at least 4 members (excludes halogenated alkanes) is 2. The fourth-order valence-electron chi connectivity index (χ4n) is 3.77. The summed E-state index contributed by atoms with van der Waals surface area (Å²) in [5.74, 6) is 0.968. The summed E-state index contributed by atoms with van der Waals surface area (Å²) in [6, 6.07) is 7.14. The van der Waals surface area contributed by atoms with Gasteiger partial charge in [-0.15, -0.1) is 0 Å². The molecule has 0 saturated carbocycles. The van der Waals surface area contributed by atoms with Crippen LogP contribution in [-0.2, 0) is 0 Å². The Morgan fingerprint density at radius 1 is 1.21 bits per heavy atom. The minimum absolute atomic E-state index is 0.145. The van der Waals surface area contributed by atoms with Crippen LogP contribution in [0.5, 0.6) is 0 Å². The Morgan fingerprint density at radius 2 is 2.00 bits per heavy atom. The van der Waals surface area contributed by atoms with Crippen LogP contribution in [0.15, 0.2) is 24.3 Å². The molecule has 1 aromatic carbocycles. The van der Waals surface area contributed by atoms with Crippen molar-refractivity contribution in [1.82, 2.24) is 10.2 Å². The van der Waals surface area contributed by atoms with Crippen LogP contribution in [0.4, 0.5) is 4.39 Å². The van der Waals surface area contributed by atoms with Crippen LogP contribution >= 0.6 is 0 Å². The van der Waals surface area contributed by atoms with Crippen LogP contribution in [0.1, 0.15) is 50.5 Å². The second-order valence-electron chi connectivity index (χ2n) is 7.06. The van der Waals surface area contributed by atoms with Gasteiger partial charge in [-0.2, -0.15) is 0 Å². The average Bonchev–Trinajstić information content (AvgIpc) is 2.60. The van der Waals surface area contributed by atoms with E-state index in [0.29, 0.717) is 11.8 Å². The molecule has 24 heavy (non-hydrogen) atoms. The molecule has 4 heteroatoms. The predicted octanol–water partition coefficient (Wildman–Crippen LogP) is 3.36. The molecule has 1 aliphatic rings. The van der Waals surface area contributed by atoms with E-state index < -0.39 is 0 Å². The molecule has 1 aliphatic heterocycles. The molecule has 3 N–H and O–H groups in total. The average molecular weight is 336 g/mol. The van der Waals surface area contributed by atoms with Crippen molar-refractivity contribution in [2.45, 2.75) is 44.9 Å². The molecule has 1 heterocycles. The lowest BCUT2D eigenvalue weighted by atomic mass is 9.80. The van der Waals surface area contributed by atoms with Crippen LogP contribution in [0.25, 0.3) is 0 Å². The van der Waals surface area contributed by atoms with E-state index in [-0.39, 0.29) is 5.82 Å². The van der Waals surface area contributed by atoms with Crippen LogP contribution in [0.2, 0.25) is 0 Å². The van der Waals surface area contributed by atoms with Crippen molar-refractivity contribution < 1.29 is 4.39 Å². The molecule has 0 amide bonds. The third kappa shape index (κ3) is 6.15. The molecule has 0 aliphatic carbocycles. The molecular formula is C20H34FN3. The van der Waals surface area contributed by atoms with E-state index >= 15 is 0 Å². The summed E-state index contributed by atoms with van der Waals surface area (Å²) >= 11 is 0. The van der Waals surface area contributed by atoms with Gasteiger partial charge in [0.1, 0.15) is 5.82 Å². The monoisotopic (exact) mass is 335 g/mol. The maximum Gasteiger partial charge on any atom is 0.123 e. The molecule has 2 atom stereocenters. The number of hydrogen-bond acceptors (Lipinski definition) is 3. The van der Waals surface area contributed by atoms with Gasteiger partial charge in [0, 0.05) is 6.54 Å². The number of rotatable bonds is 10. The summed E-state index contributed by atoms with van der Waals surface area (Å²) in [6.07, 6.45) is 6.08. The van der Waals surface area contributed by atoms with E-state index in [1.54, 1.807) is 12.1 Å². The smallest absolute Gasteiger partial charge is 0.123 e. The number of halogens is 1. The summed E-state index contributed by atoms with van der Waals surface area (Å²) in [6.45, 7) is 8.51. The number of nitrogens with zero attached hydrogens (tertiary/aromatic N) is 1.